The van der Waals surface area contributed by atoms with Gasteiger partial charge in [-0.3, -0.25) is 9.89 Å². The van der Waals surface area contributed by atoms with Crippen molar-refractivity contribution in [3.05, 3.63) is 65.7 Å². The first-order chi connectivity index (χ1) is 12.1. The van der Waals surface area contributed by atoms with Gasteiger partial charge in [0.2, 0.25) is 0 Å². The minimum absolute atomic E-state index is 0.262. The fourth-order valence-electron chi connectivity index (χ4n) is 2.62. The second kappa shape index (κ2) is 5.86. The molecule has 124 valence electrons. The first kappa shape index (κ1) is 15.1. The average Bonchev–Trinajstić information content (AvgIpc) is 3.25. The number of carbonyl (C=O) groups excluding carboxylic acids is 1. The first-order valence-corrected chi connectivity index (χ1v) is 7.86. The molecule has 0 unspecified atom stereocenters. The SMILES string of the molecule is Cc1nc2ccc(C(=O)Nc3ccc(-c4ccn[nH]4)cc3)nn2c1C. The number of hydrogen-bond donors (Lipinski definition) is 2. The Hall–Kier alpha value is -3.48. The van der Waals surface area contributed by atoms with Gasteiger partial charge < -0.3 is 5.32 Å². The van der Waals surface area contributed by atoms with Crippen LogP contribution in [0.15, 0.2) is 48.7 Å². The highest BCUT2D eigenvalue weighted by atomic mass is 16.1. The Morgan fingerprint density at radius 3 is 2.60 bits per heavy atom. The Labute approximate surface area is 143 Å². The van der Waals surface area contributed by atoms with E-state index in [0.717, 1.165) is 28.3 Å². The van der Waals surface area contributed by atoms with E-state index in [4.69, 9.17) is 0 Å². The lowest BCUT2D eigenvalue weighted by atomic mass is 10.1. The molecule has 0 spiro atoms. The molecule has 3 heterocycles. The smallest absolute Gasteiger partial charge is 0.276 e. The third kappa shape index (κ3) is 2.76. The van der Waals surface area contributed by atoms with Crippen LogP contribution in [-0.4, -0.2) is 30.7 Å². The molecule has 1 amide bonds. The van der Waals surface area contributed by atoms with Gasteiger partial charge in [-0.05, 0) is 49.7 Å². The number of aryl methyl sites for hydroxylation is 2. The Morgan fingerprint density at radius 1 is 1.08 bits per heavy atom. The Balaban J connectivity index is 1.56. The topological polar surface area (TPSA) is 88.0 Å². The van der Waals surface area contributed by atoms with E-state index in [1.54, 1.807) is 22.8 Å². The highest BCUT2D eigenvalue weighted by molar-refractivity contribution is 6.02. The molecule has 0 aliphatic rings. The van der Waals surface area contributed by atoms with Gasteiger partial charge in [0, 0.05) is 11.9 Å². The van der Waals surface area contributed by atoms with Crippen molar-refractivity contribution in [1.82, 2.24) is 24.8 Å². The van der Waals surface area contributed by atoms with Crippen LogP contribution in [0, 0.1) is 13.8 Å². The second-order valence-corrected chi connectivity index (χ2v) is 5.77. The summed E-state index contributed by atoms with van der Waals surface area (Å²) in [6, 6.07) is 12.9. The van der Waals surface area contributed by atoms with E-state index in [1.807, 2.05) is 44.2 Å². The summed E-state index contributed by atoms with van der Waals surface area (Å²) in [5, 5.41) is 14.1. The van der Waals surface area contributed by atoms with Gasteiger partial charge >= 0.3 is 0 Å². The van der Waals surface area contributed by atoms with Crippen molar-refractivity contribution in [1.29, 1.82) is 0 Å². The molecule has 0 fully saturated rings. The van der Waals surface area contributed by atoms with Crippen LogP contribution >= 0.6 is 0 Å². The average molecular weight is 332 g/mol. The summed E-state index contributed by atoms with van der Waals surface area (Å²) in [6.07, 6.45) is 1.70. The quantitative estimate of drug-likeness (QED) is 0.604. The third-order valence-corrected chi connectivity index (χ3v) is 4.13. The number of anilines is 1. The fraction of sp³-hybridized carbons (Fsp3) is 0.111. The van der Waals surface area contributed by atoms with E-state index in [2.05, 4.69) is 25.6 Å². The monoisotopic (exact) mass is 332 g/mol. The van der Waals surface area contributed by atoms with Gasteiger partial charge in [-0.1, -0.05) is 12.1 Å². The summed E-state index contributed by atoms with van der Waals surface area (Å²) in [7, 11) is 0. The van der Waals surface area contributed by atoms with Crippen molar-refractivity contribution in [2.75, 3.05) is 5.32 Å². The predicted molar refractivity (Wildman–Crippen MR) is 94.4 cm³/mol. The van der Waals surface area contributed by atoms with E-state index < -0.39 is 0 Å². The second-order valence-electron chi connectivity index (χ2n) is 5.77. The number of H-pyrrole nitrogens is 1. The number of fused-ring (bicyclic) bond motifs is 1. The number of aromatic amines is 1. The molecule has 0 saturated heterocycles. The number of carbonyl (C=O) groups is 1. The number of imidazole rings is 1. The lowest BCUT2D eigenvalue weighted by Crippen LogP contribution is -2.15. The van der Waals surface area contributed by atoms with Gasteiger partial charge in [0.1, 0.15) is 5.69 Å². The largest absolute Gasteiger partial charge is 0.321 e. The number of rotatable bonds is 3. The normalized spacial score (nSPS) is 11.0. The maximum atomic E-state index is 12.5. The molecule has 7 heteroatoms. The van der Waals surface area contributed by atoms with E-state index in [-0.39, 0.29) is 5.91 Å². The summed E-state index contributed by atoms with van der Waals surface area (Å²) >= 11 is 0. The minimum Gasteiger partial charge on any atom is -0.321 e. The van der Waals surface area contributed by atoms with Crippen molar-refractivity contribution < 1.29 is 4.79 Å². The summed E-state index contributed by atoms with van der Waals surface area (Å²) in [5.74, 6) is -0.262. The number of nitrogens with zero attached hydrogens (tertiary/aromatic N) is 4. The van der Waals surface area contributed by atoms with Crippen LogP contribution in [0.4, 0.5) is 5.69 Å². The van der Waals surface area contributed by atoms with Crippen molar-refractivity contribution in [3.8, 4) is 11.3 Å². The van der Waals surface area contributed by atoms with Gasteiger partial charge in [0.05, 0.1) is 17.1 Å². The molecule has 4 rings (SSSR count). The van der Waals surface area contributed by atoms with Gasteiger partial charge in [0.25, 0.3) is 5.91 Å². The van der Waals surface area contributed by atoms with Gasteiger partial charge in [-0.2, -0.15) is 10.2 Å². The molecule has 4 aromatic rings. The zero-order chi connectivity index (χ0) is 17.4. The number of hydrogen-bond acceptors (Lipinski definition) is 4. The molecular weight excluding hydrogens is 316 g/mol. The molecule has 0 aliphatic carbocycles. The zero-order valence-electron chi connectivity index (χ0n) is 13.8. The van der Waals surface area contributed by atoms with E-state index in [9.17, 15) is 4.79 Å². The van der Waals surface area contributed by atoms with E-state index in [0.29, 0.717) is 11.4 Å². The van der Waals surface area contributed by atoms with Crippen molar-refractivity contribution in [3.63, 3.8) is 0 Å². The number of amides is 1. The molecular formula is C18H16N6O. The maximum absolute atomic E-state index is 12.5. The van der Waals surface area contributed by atoms with Crippen molar-refractivity contribution in [2.24, 2.45) is 0 Å². The van der Waals surface area contributed by atoms with Crippen LogP contribution in [0.5, 0.6) is 0 Å². The highest BCUT2D eigenvalue weighted by Crippen LogP contribution is 2.19. The van der Waals surface area contributed by atoms with Gasteiger partial charge in [-0.25, -0.2) is 9.50 Å². The molecule has 0 saturated carbocycles. The van der Waals surface area contributed by atoms with Crippen LogP contribution in [0.3, 0.4) is 0 Å². The van der Waals surface area contributed by atoms with Crippen LogP contribution in [0.2, 0.25) is 0 Å². The standard InChI is InChI=1S/C18H16N6O/c1-11-12(2)24-17(20-11)8-7-16(23-24)18(25)21-14-5-3-13(4-6-14)15-9-10-19-22-15/h3-10H,1-2H3,(H,19,22)(H,21,25). The van der Waals surface area contributed by atoms with Crippen molar-refractivity contribution >= 4 is 17.2 Å². The third-order valence-electron chi connectivity index (χ3n) is 4.13. The molecule has 3 aromatic heterocycles. The first-order valence-electron chi connectivity index (χ1n) is 7.86. The molecule has 25 heavy (non-hydrogen) atoms. The number of benzene rings is 1. The number of nitrogens with one attached hydrogen (secondary N) is 2. The summed E-state index contributed by atoms with van der Waals surface area (Å²) in [5.41, 5.74) is 5.53. The van der Waals surface area contributed by atoms with Gasteiger partial charge in [0.15, 0.2) is 5.65 Å². The van der Waals surface area contributed by atoms with Crippen LogP contribution in [0.1, 0.15) is 21.9 Å². The Morgan fingerprint density at radius 2 is 1.88 bits per heavy atom. The summed E-state index contributed by atoms with van der Waals surface area (Å²) < 4.78 is 1.69. The Kier molecular flexibility index (Phi) is 3.53. The lowest BCUT2D eigenvalue weighted by molar-refractivity contribution is 0.102. The molecule has 0 aliphatic heterocycles. The highest BCUT2D eigenvalue weighted by Gasteiger charge is 2.12. The molecule has 0 atom stereocenters. The fourth-order valence-corrected chi connectivity index (χ4v) is 2.62. The maximum Gasteiger partial charge on any atom is 0.276 e. The predicted octanol–water partition coefficient (Wildman–Crippen LogP) is 2.99. The molecule has 2 N–H and O–H groups in total. The van der Waals surface area contributed by atoms with Crippen LogP contribution < -0.4 is 5.32 Å². The summed E-state index contributed by atoms with van der Waals surface area (Å²) in [4.78, 5) is 16.9. The molecule has 7 nitrogen and oxygen atoms in total. The molecule has 1 aromatic carbocycles. The van der Waals surface area contributed by atoms with Crippen LogP contribution in [0.25, 0.3) is 16.9 Å². The summed E-state index contributed by atoms with van der Waals surface area (Å²) in [6.45, 7) is 3.85. The van der Waals surface area contributed by atoms with E-state index in [1.165, 1.54) is 0 Å². The van der Waals surface area contributed by atoms with Crippen molar-refractivity contribution in [2.45, 2.75) is 13.8 Å². The van der Waals surface area contributed by atoms with Gasteiger partial charge in [-0.15, -0.1) is 0 Å². The van der Waals surface area contributed by atoms with E-state index >= 15 is 0 Å². The Bertz CT molecular complexity index is 1050. The lowest BCUT2D eigenvalue weighted by Gasteiger charge is -2.06. The molecule has 0 bridgehead atoms. The molecule has 0 radical (unpaired) electrons. The number of aromatic nitrogens is 5. The zero-order valence-corrected chi connectivity index (χ0v) is 13.8. The van der Waals surface area contributed by atoms with Crippen LogP contribution in [-0.2, 0) is 0 Å². The minimum atomic E-state index is -0.262.